The van der Waals surface area contributed by atoms with Crippen molar-refractivity contribution in [3.05, 3.63) is 120 Å². The van der Waals surface area contributed by atoms with E-state index in [1.807, 2.05) is 60.7 Å². The van der Waals surface area contributed by atoms with Crippen molar-refractivity contribution in [2.45, 2.75) is 18.0 Å². The third kappa shape index (κ3) is 4.76. The number of nitrogens with zero attached hydrogens (tertiary/aromatic N) is 1. The van der Waals surface area contributed by atoms with E-state index in [1.54, 1.807) is 13.0 Å². The molecule has 0 aliphatic heterocycles. The molecule has 4 rings (SSSR count). The van der Waals surface area contributed by atoms with Crippen molar-refractivity contribution in [1.82, 2.24) is 0 Å². The second-order valence-corrected chi connectivity index (χ2v) is 12.1. The van der Waals surface area contributed by atoms with E-state index < -0.39 is 17.2 Å². The van der Waals surface area contributed by atoms with Crippen molar-refractivity contribution in [2.24, 2.45) is 4.74 Å². The van der Waals surface area contributed by atoms with Crippen LogP contribution in [0.4, 0.5) is 5.69 Å². The molecule has 0 aromatic heterocycles. The zero-order valence-corrected chi connectivity index (χ0v) is 19.4. The van der Waals surface area contributed by atoms with Gasteiger partial charge in [-0.15, -0.1) is 0 Å². The normalized spacial score (nSPS) is 11.8. The highest BCUT2D eigenvalue weighted by atomic mass is 32.2. The van der Waals surface area contributed by atoms with Crippen LogP contribution in [0.15, 0.2) is 119 Å². The molecular weight excluding hydrogens is 437 g/mol. The fraction of sp³-hybridized carbons (Fsp3) is 0.0769. The van der Waals surface area contributed by atoms with Crippen molar-refractivity contribution in [3.63, 3.8) is 0 Å². The van der Waals surface area contributed by atoms with Crippen LogP contribution in [-0.2, 0) is 16.3 Å². The maximum Gasteiger partial charge on any atom is 0.296 e. The highest BCUT2D eigenvalue weighted by Gasteiger charge is 2.27. The molecule has 32 heavy (non-hydrogen) atoms. The Labute approximate surface area is 189 Å². The predicted octanol–water partition coefficient (Wildman–Crippen LogP) is 5.93. The van der Waals surface area contributed by atoms with Crippen LogP contribution in [0.5, 0.6) is 0 Å². The summed E-state index contributed by atoms with van der Waals surface area (Å²) in [6.45, 7) is 1.79. The lowest BCUT2D eigenvalue weighted by atomic mass is 10.2. The van der Waals surface area contributed by atoms with Gasteiger partial charge < -0.3 is 0 Å². The van der Waals surface area contributed by atoms with Crippen LogP contribution in [0.25, 0.3) is 0 Å². The fourth-order valence-electron chi connectivity index (χ4n) is 3.77. The lowest BCUT2D eigenvalue weighted by Crippen LogP contribution is -2.18. The maximum atomic E-state index is 12.2. The van der Waals surface area contributed by atoms with Gasteiger partial charge in [0.15, 0.2) is 0 Å². The molecule has 6 heteroatoms. The quantitative estimate of drug-likeness (QED) is 0.286. The summed E-state index contributed by atoms with van der Waals surface area (Å²) in [4.78, 5) is -0.165. The molecule has 0 aliphatic rings. The summed E-state index contributed by atoms with van der Waals surface area (Å²) in [5, 5.41) is 2.08. The zero-order chi connectivity index (χ0) is 22.6. The molecule has 0 unspecified atom stereocenters. The Kier molecular flexibility index (Phi) is 6.43. The Morgan fingerprint density at radius 2 is 1.25 bits per heavy atom. The van der Waals surface area contributed by atoms with E-state index in [4.69, 9.17) is 4.74 Å². The van der Waals surface area contributed by atoms with Gasteiger partial charge in [0.2, 0.25) is 0 Å². The van der Waals surface area contributed by atoms with Crippen LogP contribution in [0, 0.1) is 6.92 Å². The van der Waals surface area contributed by atoms with Gasteiger partial charge in [-0.1, -0.05) is 97.1 Å². The fourth-order valence-corrected chi connectivity index (χ4v) is 8.13. The van der Waals surface area contributed by atoms with Gasteiger partial charge in [0, 0.05) is 13.2 Å². The third-order valence-electron chi connectivity index (χ3n) is 5.29. The third-order valence-corrected chi connectivity index (χ3v) is 9.86. The van der Waals surface area contributed by atoms with E-state index in [0.29, 0.717) is 6.16 Å². The number of hydrogen-bond donors (Lipinski definition) is 1. The Bertz CT molecular complexity index is 1330. The van der Waals surface area contributed by atoms with Gasteiger partial charge in [-0.2, -0.15) is 8.42 Å². The molecule has 0 heterocycles. The summed E-state index contributed by atoms with van der Waals surface area (Å²) in [7, 11) is -6.95. The minimum Gasteiger partial charge on any atom is -0.282 e. The Balaban J connectivity index is 2.11. The molecule has 0 bridgehead atoms. The summed E-state index contributed by atoms with van der Waals surface area (Å²) >= 11 is 0. The molecule has 0 saturated carbocycles. The molecule has 0 fully saturated rings. The SMILES string of the molecule is Cc1ccc(N=P(Cc2ccccc2)(c2ccccc2)c2ccccc2)c(S(=O)(=O)O)c1. The second-order valence-electron chi connectivity index (χ2n) is 7.63. The number of aryl methyl sites for hydroxylation is 1. The topological polar surface area (TPSA) is 66.7 Å². The first-order chi connectivity index (χ1) is 15.4. The van der Waals surface area contributed by atoms with E-state index >= 15 is 0 Å². The largest absolute Gasteiger partial charge is 0.296 e. The average molecular weight is 462 g/mol. The second kappa shape index (κ2) is 9.25. The molecule has 162 valence electrons. The highest BCUT2D eigenvalue weighted by Crippen LogP contribution is 2.53. The van der Waals surface area contributed by atoms with Gasteiger partial charge >= 0.3 is 0 Å². The summed E-state index contributed by atoms with van der Waals surface area (Å²) < 4.78 is 39.6. The monoisotopic (exact) mass is 461 g/mol. The molecular formula is C26H24NO3PS. The van der Waals surface area contributed by atoms with Crippen molar-refractivity contribution < 1.29 is 13.0 Å². The molecule has 0 aliphatic carbocycles. The van der Waals surface area contributed by atoms with Gasteiger partial charge in [-0.3, -0.25) is 9.30 Å². The van der Waals surface area contributed by atoms with Gasteiger partial charge in [-0.05, 0) is 40.8 Å². The van der Waals surface area contributed by atoms with Crippen LogP contribution in [-0.4, -0.2) is 13.0 Å². The molecule has 4 aromatic rings. The molecule has 0 radical (unpaired) electrons. The lowest BCUT2D eigenvalue weighted by molar-refractivity contribution is 0.483. The van der Waals surface area contributed by atoms with E-state index in [-0.39, 0.29) is 10.6 Å². The number of rotatable bonds is 6. The first-order valence-corrected chi connectivity index (χ1v) is 13.6. The van der Waals surface area contributed by atoms with Crippen molar-refractivity contribution in [2.75, 3.05) is 0 Å². The van der Waals surface area contributed by atoms with Gasteiger partial charge in [-0.25, -0.2) is 0 Å². The summed E-state index contributed by atoms with van der Waals surface area (Å²) in [6.07, 6.45) is 0.626. The molecule has 4 aromatic carbocycles. The number of hydrogen-bond acceptors (Lipinski definition) is 3. The Hall–Kier alpha value is -2.98. The molecule has 0 spiro atoms. The van der Waals surface area contributed by atoms with E-state index in [2.05, 4.69) is 36.4 Å². The van der Waals surface area contributed by atoms with Crippen molar-refractivity contribution >= 4 is 33.5 Å². The smallest absolute Gasteiger partial charge is 0.282 e. The molecule has 0 atom stereocenters. The van der Waals surface area contributed by atoms with Crippen LogP contribution in [0.1, 0.15) is 11.1 Å². The van der Waals surface area contributed by atoms with E-state index in [1.165, 1.54) is 6.07 Å². The van der Waals surface area contributed by atoms with Gasteiger partial charge in [0.05, 0.1) is 5.69 Å². The number of benzene rings is 4. The van der Waals surface area contributed by atoms with Crippen LogP contribution in [0.3, 0.4) is 0 Å². The van der Waals surface area contributed by atoms with Crippen molar-refractivity contribution in [3.8, 4) is 0 Å². The minimum absolute atomic E-state index is 0.165. The van der Waals surface area contributed by atoms with E-state index in [9.17, 15) is 13.0 Å². The molecule has 0 amide bonds. The maximum absolute atomic E-state index is 12.2. The lowest BCUT2D eigenvalue weighted by Gasteiger charge is -2.27. The zero-order valence-electron chi connectivity index (χ0n) is 17.7. The molecule has 4 nitrogen and oxygen atoms in total. The predicted molar refractivity (Wildman–Crippen MR) is 132 cm³/mol. The summed E-state index contributed by atoms with van der Waals surface area (Å²) in [5.74, 6) is 0. The summed E-state index contributed by atoms with van der Waals surface area (Å²) in [5.41, 5.74) is 2.12. The van der Waals surface area contributed by atoms with Crippen molar-refractivity contribution in [1.29, 1.82) is 0 Å². The average Bonchev–Trinajstić information content (AvgIpc) is 2.81. The minimum atomic E-state index is -4.44. The highest BCUT2D eigenvalue weighted by molar-refractivity contribution is 7.86. The van der Waals surface area contributed by atoms with Crippen LogP contribution in [0.2, 0.25) is 0 Å². The Morgan fingerprint density at radius 1 is 0.750 bits per heavy atom. The molecule has 0 saturated heterocycles. The summed E-state index contributed by atoms with van der Waals surface area (Å²) in [6, 6.07) is 35.1. The first-order valence-electron chi connectivity index (χ1n) is 10.2. The standard InChI is InChI=1S/C26H24NO3PS/c1-21-17-18-25(26(19-21)32(28,29)30)27-31(23-13-7-3-8-14-23,24-15-9-4-10-16-24)20-22-11-5-2-6-12-22/h2-19H,20H2,1H3,(H,28,29,30). The van der Waals surface area contributed by atoms with Gasteiger partial charge in [0.1, 0.15) is 4.90 Å². The molecule has 1 N–H and O–H groups in total. The van der Waals surface area contributed by atoms with Gasteiger partial charge in [0.25, 0.3) is 10.1 Å². The van der Waals surface area contributed by atoms with E-state index in [0.717, 1.165) is 21.7 Å². The first kappa shape index (κ1) is 22.2. The van der Waals surface area contributed by atoms with Crippen LogP contribution < -0.4 is 10.6 Å². The Morgan fingerprint density at radius 3 is 1.75 bits per heavy atom. The van der Waals surface area contributed by atoms with Crippen LogP contribution >= 0.6 is 7.05 Å².